The smallest absolute Gasteiger partial charge is 0.315 e. The monoisotopic (exact) mass is 227 g/mol. The molecule has 0 aromatic carbocycles. The fraction of sp³-hybridized carbons (Fsp3) is 0.545. The third-order valence-corrected chi connectivity index (χ3v) is 2.59. The highest BCUT2D eigenvalue weighted by Gasteiger charge is 2.30. The highest BCUT2D eigenvalue weighted by Crippen LogP contribution is 2.22. The van der Waals surface area contributed by atoms with Crippen molar-refractivity contribution in [3.05, 3.63) is 24.0 Å². The van der Waals surface area contributed by atoms with E-state index in [9.17, 15) is 15.0 Å². The molecule has 1 aromatic rings. The summed E-state index contributed by atoms with van der Waals surface area (Å²) in [6, 6.07) is 3.29. The number of hydrogen-bond acceptors (Lipinski definition) is 3. The lowest BCUT2D eigenvalue weighted by atomic mass is 9.94. The fourth-order valence-corrected chi connectivity index (χ4v) is 1.62. The van der Waals surface area contributed by atoms with Gasteiger partial charge in [0.25, 0.3) is 0 Å². The lowest BCUT2D eigenvalue weighted by molar-refractivity contribution is -0.142. The molecule has 16 heavy (non-hydrogen) atoms. The fourth-order valence-electron chi connectivity index (χ4n) is 1.62. The second-order valence-corrected chi connectivity index (χ2v) is 3.81. The molecule has 4 N–H and O–H groups in total. The van der Waals surface area contributed by atoms with Crippen molar-refractivity contribution in [3.8, 4) is 0 Å². The zero-order chi connectivity index (χ0) is 12.1. The molecule has 0 fully saturated rings. The van der Waals surface area contributed by atoms with E-state index in [1.54, 1.807) is 25.3 Å². The van der Waals surface area contributed by atoms with E-state index in [-0.39, 0.29) is 6.42 Å². The molecule has 5 nitrogen and oxygen atoms in total. The van der Waals surface area contributed by atoms with Crippen molar-refractivity contribution in [2.45, 2.75) is 37.9 Å². The van der Waals surface area contributed by atoms with Crippen LogP contribution in [0.15, 0.2) is 18.3 Å². The van der Waals surface area contributed by atoms with Crippen molar-refractivity contribution in [1.29, 1.82) is 0 Å². The van der Waals surface area contributed by atoms with Gasteiger partial charge in [-0.3, -0.25) is 4.79 Å². The molecule has 0 aliphatic heterocycles. The second-order valence-electron chi connectivity index (χ2n) is 3.81. The third-order valence-electron chi connectivity index (χ3n) is 2.59. The number of hydrogen-bond donors (Lipinski definition) is 4. The first-order valence-corrected chi connectivity index (χ1v) is 5.28. The van der Waals surface area contributed by atoms with E-state index in [2.05, 4.69) is 4.98 Å². The molecule has 0 aliphatic carbocycles. The second kappa shape index (κ2) is 5.67. The predicted molar refractivity (Wildman–Crippen MR) is 58.1 cm³/mol. The lowest BCUT2D eigenvalue weighted by Gasteiger charge is -2.20. The van der Waals surface area contributed by atoms with Crippen LogP contribution in [-0.2, 0) is 4.79 Å². The first-order chi connectivity index (χ1) is 7.56. The standard InChI is InChI=1S/C11H17NO4/c1-2-7(13)6-9(14)10(11(15)16)8-4-3-5-12-8/h3-5,7,9-10,12-14H,2,6H2,1H3,(H,15,16). The third kappa shape index (κ3) is 3.08. The van der Waals surface area contributed by atoms with Crippen LogP contribution in [0.1, 0.15) is 31.4 Å². The summed E-state index contributed by atoms with van der Waals surface area (Å²) in [5, 5.41) is 28.2. The topological polar surface area (TPSA) is 93.6 Å². The normalized spacial score (nSPS) is 16.7. The molecule has 0 bridgehead atoms. The first-order valence-electron chi connectivity index (χ1n) is 5.28. The molecule has 1 heterocycles. The number of carbonyl (C=O) groups is 1. The molecule has 0 saturated carbocycles. The minimum Gasteiger partial charge on any atom is -0.481 e. The molecule has 0 aliphatic rings. The number of nitrogens with one attached hydrogen (secondary N) is 1. The summed E-state index contributed by atoms with van der Waals surface area (Å²) < 4.78 is 0. The molecule has 90 valence electrons. The number of aliphatic carboxylic acids is 1. The van der Waals surface area contributed by atoms with Gasteiger partial charge in [-0.1, -0.05) is 6.92 Å². The minimum absolute atomic E-state index is 0.0620. The van der Waals surface area contributed by atoms with Gasteiger partial charge in [-0.25, -0.2) is 0 Å². The van der Waals surface area contributed by atoms with Crippen LogP contribution in [-0.4, -0.2) is 38.5 Å². The number of aromatic amines is 1. The largest absolute Gasteiger partial charge is 0.481 e. The number of rotatable bonds is 6. The number of H-pyrrole nitrogens is 1. The van der Waals surface area contributed by atoms with Crippen LogP contribution in [0.5, 0.6) is 0 Å². The number of carboxylic acids is 1. The van der Waals surface area contributed by atoms with E-state index in [0.717, 1.165) is 0 Å². The molecule has 0 spiro atoms. The Labute approximate surface area is 93.7 Å². The minimum atomic E-state index is -1.10. The first kappa shape index (κ1) is 12.7. The van der Waals surface area contributed by atoms with Crippen LogP contribution >= 0.6 is 0 Å². The van der Waals surface area contributed by atoms with Gasteiger partial charge in [0.1, 0.15) is 5.92 Å². The van der Waals surface area contributed by atoms with E-state index < -0.39 is 24.1 Å². The average molecular weight is 227 g/mol. The van der Waals surface area contributed by atoms with Gasteiger partial charge in [-0.15, -0.1) is 0 Å². The SMILES string of the molecule is CCC(O)CC(O)C(C(=O)O)c1ccc[nH]1. The van der Waals surface area contributed by atoms with E-state index >= 15 is 0 Å². The maximum atomic E-state index is 11.0. The Balaban J connectivity index is 2.75. The molecule has 5 heteroatoms. The summed E-state index contributed by atoms with van der Waals surface area (Å²) in [5.74, 6) is -2.12. The zero-order valence-corrected chi connectivity index (χ0v) is 9.13. The molecule has 0 saturated heterocycles. The van der Waals surface area contributed by atoms with E-state index in [1.165, 1.54) is 0 Å². The summed E-state index contributed by atoms with van der Waals surface area (Å²) in [4.78, 5) is 13.8. The Hall–Kier alpha value is -1.33. The quantitative estimate of drug-likeness (QED) is 0.575. The Morgan fingerprint density at radius 2 is 2.19 bits per heavy atom. The van der Waals surface area contributed by atoms with Crippen molar-refractivity contribution >= 4 is 5.97 Å². The maximum absolute atomic E-state index is 11.0. The summed E-state index contributed by atoms with van der Waals surface area (Å²) in [5.41, 5.74) is 0.448. The van der Waals surface area contributed by atoms with Gasteiger partial charge in [-0.05, 0) is 18.6 Å². The van der Waals surface area contributed by atoms with E-state index in [0.29, 0.717) is 12.1 Å². The molecule has 3 atom stereocenters. The van der Waals surface area contributed by atoms with Gasteiger partial charge < -0.3 is 20.3 Å². The highest BCUT2D eigenvalue weighted by atomic mass is 16.4. The van der Waals surface area contributed by atoms with Crippen molar-refractivity contribution in [2.24, 2.45) is 0 Å². The number of aliphatic hydroxyl groups is 2. The Morgan fingerprint density at radius 1 is 1.50 bits per heavy atom. The molecule has 1 aromatic heterocycles. The van der Waals surface area contributed by atoms with Crippen LogP contribution in [0, 0.1) is 0 Å². The Kier molecular flexibility index (Phi) is 4.52. The van der Waals surface area contributed by atoms with Crippen LogP contribution in [0.2, 0.25) is 0 Å². The van der Waals surface area contributed by atoms with Gasteiger partial charge in [0, 0.05) is 18.3 Å². The molecule has 0 radical (unpaired) electrons. The molecule has 1 rings (SSSR count). The van der Waals surface area contributed by atoms with Crippen molar-refractivity contribution in [3.63, 3.8) is 0 Å². The van der Waals surface area contributed by atoms with Gasteiger partial charge in [0.2, 0.25) is 0 Å². The average Bonchev–Trinajstić information content (AvgIpc) is 2.70. The van der Waals surface area contributed by atoms with Crippen LogP contribution < -0.4 is 0 Å². The summed E-state index contributed by atoms with van der Waals surface area (Å²) in [7, 11) is 0. The molecule has 3 unspecified atom stereocenters. The molecular weight excluding hydrogens is 210 g/mol. The predicted octanol–water partition coefficient (Wildman–Crippen LogP) is 0.705. The van der Waals surface area contributed by atoms with Crippen molar-refractivity contribution in [1.82, 2.24) is 4.98 Å². The lowest BCUT2D eigenvalue weighted by Crippen LogP contribution is -2.29. The highest BCUT2D eigenvalue weighted by molar-refractivity contribution is 5.76. The van der Waals surface area contributed by atoms with E-state index in [4.69, 9.17) is 5.11 Å². The van der Waals surface area contributed by atoms with Crippen LogP contribution in [0.4, 0.5) is 0 Å². The number of aliphatic hydroxyl groups excluding tert-OH is 2. The van der Waals surface area contributed by atoms with Crippen LogP contribution in [0.3, 0.4) is 0 Å². The van der Waals surface area contributed by atoms with Gasteiger partial charge in [0.15, 0.2) is 0 Å². The zero-order valence-electron chi connectivity index (χ0n) is 9.13. The summed E-state index contributed by atoms with van der Waals surface area (Å²) >= 11 is 0. The summed E-state index contributed by atoms with van der Waals surface area (Å²) in [6.45, 7) is 1.78. The van der Waals surface area contributed by atoms with Crippen molar-refractivity contribution in [2.75, 3.05) is 0 Å². The van der Waals surface area contributed by atoms with Gasteiger partial charge in [-0.2, -0.15) is 0 Å². The summed E-state index contributed by atoms with van der Waals surface area (Å²) in [6.07, 6.45) is 0.396. The number of carboxylic acid groups (broad SMARTS) is 1. The number of aromatic nitrogens is 1. The van der Waals surface area contributed by atoms with E-state index in [1.807, 2.05) is 0 Å². The van der Waals surface area contributed by atoms with Gasteiger partial charge >= 0.3 is 5.97 Å². The van der Waals surface area contributed by atoms with Gasteiger partial charge in [0.05, 0.1) is 12.2 Å². The Morgan fingerprint density at radius 3 is 2.62 bits per heavy atom. The molecular formula is C11H17NO4. The molecule has 0 amide bonds. The maximum Gasteiger partial charge on any atom is 0.315 e. The Bertz CT molecular complexity index is 323. The van der Waals surface area contributed by atoms with Crippen molar-refractivity contribution < 1.29 is 20.1 Å². The van der Waals surface area contributed by atoms with Crippen LogP contribution in [0.25, 0.3) is 0 Å².